The summed E-state index contributed by atoms with van der Waals surface area (Å²) < 4.78 is 34.6. The fourth-order valence-electron chi connectivity index (χ4n) is 7.92. The molecule has 0 aromatic carbocycles. The predicted molar refractivity (Wildman–Crippen MR) is 353 cm³/mol. The second kappa shape index (κ2) is 60.9. The lowest BCUT2D eigenvalue weighted by molar-refractivity contribution is -0.870. The zero-order valence-corrected chi connectivity index (χ0v) is 53.3. The maximum Gasteiger partial charge on any atom is 0.472 e. The van der Waals surface area contributed by atoms with Gasteiger partial charge in [-0.2, -0.15) is 0 Å². The highest BCUT2D eigenvalue weighted by Crippen LogP contribution is 2.43. The quantitative estimate of drug-likeness (QED) is 0.0211. The number of nitrogens with zero attached hydrogens (tertiary/aromatic N) is 1. The number of rotatable bonds is 56. The Morgan fingerprint density at radius 1 is 0.378 bits per heavy atom. The van der Waals surface area contributed by atoms with Gasteiger partial charge in [0.05, 0.1) is 27.7 Å². The van der Waals surface area contributed by atoms with E-state index in [2.05, 4.69) is 184 Å². The first-order valence-corrected chi connectivity index (χ1v) is 33.4. The van der Waals surface area contributed by atoms with Crippen molar-refractivity contribution in [1.29, 1.82) is 0 Å². The fraction of sp³-hybridized carbons (Fsp3) is 0.583. The van der Waals surface area contributed by atoms with Gasteiger partial charge >= 0.3 is 19.8 Å². The normalized spacial score (nSPS) is 14.4. The Labute approximate surface area is 502 Å². The number of likely N-dealkylation sites (N-methyl/N-ethyl adjacent to an activating group) is 1. The number of phosphoric acid groups is 1. The van der Waals surface area contributed by atoms with Crippen LogP contribution in [0.3, 0.4) is 0 Å². The molecule has 2 unspecified atom stereocenters. The van der Waals surface area contributed by atoms with Crippen LogP contribution in [0.25, 0.3) is 0 Å². The highest BCUT2D eigenvalue weighted by molar-refractivity contribution is 7.47. The average Bonchev–Trinajstić information content (AvgIpc) is 3.45. The molecule has 0 aliphatic rings. The number of phosphoric ester groups is 1. The lowest BCUT2D eigenvalue weighted by Crippen LogP contribution is -2.37. The first kappa shape index (κ1) is 77.4. The summed E-state index contributed by atoms with van der Waals surface area (Å²) in [5.41, 5.74) is 0. The lowest BCUT2D eigenvalue weighted by atomic mass is 10.1. The van der Waals surface area contributed by atoms with E-state index in [1.807, 2.05) is 21.1 Å². The Morgan fingerprint density at radius 2 is 0.659 bits per heavy atom. The van der Waals surface area contributed by atoms with Gasteiger partial charge in [-0.1, -0.05) is 248 Å². The third-order valence-corrected chi connectivity index (χ3v) is 13.7. The molecule has 1 N–H and O–H groups in total. The average molecular weight is 1160 g/mol. The predicted octanol–water partition coefficient (Wildman–Crippen LogP) is 20.6. The molecule has 0 bridgehead atoms. The SMILES string of the molecule is CC/C=C\C/C=C\C/C=C\C/C=C\C/C=C\C/C=C\C/C=C\C/C=C\C/C=C\C/C=C\CCCCCCC(=O)OC(COC(=O)CCCCCCCCCCCC/C=C\C/C=C\C/C=C\C/C=C\CC)COP(=O)(O)OCC[N+](C)(C)C. The summed E-state index contributed by atoms with van der Waals surface area (Å²) in [6.07, 6.45) is 92.9. The molecule has 0 radical (unpaired) electrons. The lowest BCUT2D eigenvalue weighted by Gasteiger charge is -2.24. The summed E-state index contributed by atoms with van der Waals surface area (Å²) in [6.45, 7) is 4.15. The molecule has 462 valence electrons. The van der Waals surface area contributed by atoms with Crippen molar-refractivity contribution in [2.45, 2.75) is 225 Å². The number of carbonyl (C=O) groups excluding carboxylic acids is 2. The molecule has 2 atom stereocenters. The van der Waals surface area contributed by atoms with Crippen molar-refractivity contribution in [2.24, 2.45) is 0 Å². The molecule has 10 heteroatoms. The van der Waals surface area contributed by atoms with Gasteiger partial charge in [0.15, 0.2) is 6.10 Å². The van der Waals surface area contributed by atoms with Crippen LogP contribution in [0.4, 0.5) is 0 Å². The van der Waals surface area contributed by atoms with Crippen LogP contribution >= 0.6 is 7.82 Å². The number of carbonyl (C=O) groups is 2. The van der Waals surface area contributed by atoms with E-state index in [1.54, 1.807) is 0 Å². The van der Waals surface area contributed by atoms with E-state index in [9.17, 15) is 19.0 Å². The molecule has 0 heterocycles. The maximum absolute atomic E-state index is 12.8. The van der Waals surface area contributed by atoms with Crippen molar-refractivity contribution in [2.75, 3.05) is 47.5 Å². The molecule has 0 spiro atoms. The molecule has 0 aliphatic heterocycles. The highest BCUT2D eigenvalue weighted by atomic mass is 31.2. The number of quaternary nitrogens is 1. The van der Waals surface area contributed by atoms with Gasteiger partial charge in [-0.25, -0.2) is 4.57 Å². The summed E-state index contributed by atoms with van der Waals surface area (Å²) in [7, 11) is 1.43. The van der Waals surface area contributed by atoms with Gasteiger partial charge in [0, 0.05) is 12.8 Å². The zero-order valence-electron chi connectivity index (χ0n) is 52.4. The monoisotopic (exact) mass is 1150 g/mol. The van der Waals surface area contributed by atoms with E-state index in [-0.39, 0.29) is 32.0 Å². The summed E-state index contributed by atoms with van der Waals surface area (Å²) >= 11 is 0. The molecule has 0 aromatic rings. The van der Waals surface area contributed by atoms with E-state index < -0.39 is 26.5 Å². The minimum atomic E-state index is -4.41. The molecular weight excluding hydrogens is 1040 g/mol. The second-order valence-electron chi connectivity index (χ2n) is 21.7. The second-order valence-corrected chi connectivity index (χ2v) is 23.1. The van der Waals surface area contributed by atoms with E-state index in [0.717, 1.165) is 148 Å². The van der Waals surface area contributed by atoms with Crippen LogP contribution in [0.2, 0.25) is 0 Å². The molecule has 82 heavy (non-hydrogen) atoms. The van der Waals surface area contributed by atoms with Crippen molar-refractivity contribution >= 4 is 19.8 Å². The number of hydrogen-bond acceptors (Lipinski definition) is 7. The maximum atomic E-state index is 12.8. The molecule has 0 fully saturated rings. The Kier molecular flexibility index (Phi) is 57.5. The number of ether oxygens (including phenoxy) is 2. The summed E-state index contributed by atoms with van der Waals surface area (Å²) in [4.78, 5) is 35.8. The fourth-order valence-corrected chi connectivity index (χ4v) is 8.66. The summed E-state index contributed by atoms with van der Waals surface area (Å²) in [6, 6.07) is 0. The molecule has 0 aliphatic carbocycles. The number of unbranched alkanes of at least 4 members (excludes halogenated alkanes) is 14. The van der Waals surface area contributed by atoms with Crippen LogP contribution in [0.1, 0.15) is 219 Å². The number of hydrogen-bond donors (Lipinski definition) is 1. The van der Waals surface area contributed by atoms with Crippen LogP contribution in [-0.4, -0.2) is 74.9 Å². The molecule has 0 rings (SSSR count). The standard InChI is InChI=1S/C72H116NO8P/c1-6-8-10-12-14-16-18-20-22-24-26-28-30-31-32-33-34-35-36-37-38-39-40-41-43-45-47-49-51-53-55-57-59-61-63-65-72(75)81-70(69-80-82(76,77)79-67-66-73(3,4)5)68-78-71(74)64-62-60-58-56-54-52-50-48-46-44-42-29-27-25-23-21-19-17-15-13-11-9-7-2/h8-11,14-17,20-23,26-29,31-32,34-35,37-38,40-41,45,47,51,53,70H,6-7,12-13,18-19,24-25,30,33,36,39,42-44,46,48-50,52,54-69H2,1-5H3/p+1/b10-8-,11-9-,16-14-,17-15-,22-20-,23-21-,28-26-,29-27-,32-31-,35-34-,38-37-,41-40-,47-45-,53-51-. The van der Waals surface area contributed by atoms with Gasteiger partial charge in [0.1, 0.15) is 19.8 Å². The first-order valence-electron chi connectivity index (χ1n) is 31.9. The summed E-state index contributed by atoms with van der Waals surface area (Å²) in [5.74, 6) is -0.844. The van der Waals surface area contributed by atoms with Crippen LogP contribution in [-0.2, 0) is 32.7 Å². The van der Waals surface area contributed by atoms with Gasteiger partial charge in [-0.15, -0.1) is 0 Å². The van der Waals surface area contributed by atoms with Gasteiger partial charge in [0.25, 0.3) is 0 Å². The molecule has 0 aromatic heterocycles. The Bertz CT molecular complexity index is 1990. The Morgan fingerprint density at radius 3 is 0.976 bits per heavy atom. The Balaban J connectivity index is 4.25. The smallest absolute Gasteiger partial charge is 0.462 e. The zero-order chi connectivity index (χ0) is 59.8. The minimum Gasteiger partial charge on any atom is -0.462 e. The third kappa shape index (κ3) is 64.5. The van der Waals surface area contributed by atoms with Gasteiger partial charge in [0.2, 0.25) is 0 Å². The van der Waals surface area contributed by atoms with E-state index in [1.165, 1.54) is 38.5 Å². The molecule has 0 saturated carbocycles. The first-order chi connectivity index (χ1) is 40.0. The van der Waals surface area contributed by atoms with E-state index in [0.29, 0.717) is 17.4 Å². The Hall–Kier alpha value is -4.63. The van der Waals surface area contributed by atoms with Gasteiger partial charge in [-0.05, 0) is 128 Å². The molecule has 0 amide bonds. The van der Waals surface area contributed by atoms with Crippen molar-refractivity contribution in [3.8, 4) is 0 Å². The van der Waals surface area contributed by atoms with Crippen molar-refractivity contribution < 1.29 is 42.1 Å². The molecule has 9 nitrogen and oxygen atoms in total. The highest BCUT2D eigenvalue weighted by Gasteiger charge is 2.27. The summed E-state index contributed by atoms with van der Waals surface area (Å²) in [5, 5.41) is 0. The van der Waals surface area contributed by atoms with Crippen LogP contribution < -0.4 is 0 Å². The molecule has 0 saturated heterocycles. The van der Waals surface area contributed by atoms with Crippen molar-refractivity contribution in [3.63, 3.8) is 0 Å². The van der Waals surface area contributed by atoms with Gasteiger partial charge < -0.3 is 18.9 Å². The number of esters is 2. The van der Waals surface area contributed by atoms with Crippen LogP contribution in [0, 0.1) is 0 Å². The van der Waals surface area contributed by atoms with E-state index >= 15 is 0 Å². The van der Waals surface area contributed by atoms with Crippen LogP contribution in [0.15, 0.2) is 170 Å². The molecular formula is C72H117NO8P+. The largest absolute Gasteiger partial charge is 0.472 e. The van der Waals surface area contributed by atoms with Crippen LogP contribution in [0.5, 0.6) is 0 Å². The number of allylic oxidation sites excluding steroid dienone is 28. The van der Waals surface area contributed by atoms with Gasteiger partial charge in [-0.3, -0.25) is 18.6 Å². The third-order valence-electron chi connectivity index (χ3n) is 12.7. The minimum absolute atomic E-state index is 0.0158. The topological polar surface area (TPSA) is 108 Å². The van der Waals surface area contributed by atoms with E-state index in [4.69, 9.17) is 18.5 Å². The van der Waals surface area contributed by atoms with Crippen molar-refractivity contribution in [3.05, 3.63) is 170 Å². The van der Waals surface area contributed by atoms with Crippen molar-refractivity contribution in [1.82, 2.24) is 0 Å².